The number of ether oxygens (including phenoxy) is 1. The molecule has 0 unspecified atom stereocenters. The molecule has 0 saturated carbocycles. The highest BCUT2D eigenvalue weighted by atomic mass is 28.4. The second kappa shape index (κ2) is 9.85. The summed E-state index contributed by atoms with van der Waals surface area (Å²) in [6.45, 7) is 27.0. The molecule has 0 heterocycles. The fraction of sp³-hybridized carbons (Fsp3) is 0.950. The van der Waals surface area contributed by atoms with Crippen LogP contribution < -0.4 is 0 Å². The third kappa shape index (κ3) is 6.77. The van der Waals surface area contributed by atoms with E-state index in [9.17, 15) is 4.79 Å². The van der Waals surface area contributed by atoms with Gasteiger partial charge in [-0.1, -0.05) is 62.3 Å². The van der Waals surface area contributed by atoms with E-state index in [-0.39, 0.29) is 23.7 Å². The highest BCUT2D eigenvalue weighted by Gasteiger charge is 2.47. The van der Waals surface area contributed by atoms with Crippen LogP contribution >= 0.6 is 0 Å². The fourth-order valence-corrected chi connectivity index (χ4v) is 10.1. The maximum Gasteiger partial charge on any atom is 0.302 e. The minimum absolute atomic E-state index is 0.141. The van der Waals surface area contributed by atoms with Crippen molar-refractivity contribution >= 4 is 22.6 Å². The Labute approximate surface area is 164 Å². The van der Waals surface area contributed by atoms with Gasteiger partial charge in [0.1, 0.15) is 12.7 Å². The molecule has 0 rings (SSSR count). The summed E-state index contributed by atoms with van der Waals surface area (Å²) in [7, 11) is -3.95. The molecule has 0 fully saturated rings. The monoisotopic (exact) mass is 404 g/mol. The van der Waals surface area contributed by atoms with Crippen molar-refractivity contribution in [3.05, 3.63) is 0 Å². The summed E-state index contributed by atoms with van der Waals surface area (Å²) in [6, 6.07) is 0. The molecule has 156 valence electrons. The lowest BCUT2D eigenvalue weighted by Gasteiger charge is -2.45. The van der Waals surface area contributed by atoms with Gasteiger partial charge in [0.25, 0.3) is 0 Å². The van der Waals surface area contributed by atoms with Gasteiger partial charge >= 0.3 is 5.97 Å². The average molecular weight is 405 g/mol. The summed E-state index contributed by atoms with van der Waals surface area (Å²) in [5, 5.41) is 0.141. The molecular weight excluding hydrogens is 360 g/mol. The normalized spacial score (nSPS) is 15.0. The van der Waals surface area contributed by atoms with Crippen LogP contribution in [0.5, 0.6) is 0 Å². The molecule has 0 aliphatic carbocycles. The molecule has 0 saturated heterocycles. The van der Waals surface area contributed by atoms with Crippen molar-refractivity contribution < 1.29 is 18.4 Å². The van der Waals surface area contributed by atoms with E-state index >= 15 is 0 Å². The smallest absolute Gasteiger partial charge is 0.302 e. The quantitative estimate of drug-likeness (QED) is 0.324. The molecular formula is C20H44O4Si2. The van der Waals surface area contributed by atoms with Gasteiger partial charge in [0.05, 0.1) is 6.61 Å². The van der Waals surface area contributed by atoms with Crippen molar-refractivity contribution in [3.8, 4) is 0 Å². The topological polar surface area (TPSA) is 44.8 Å². The molecule has 0 aromatic carbocycles. The molecule has 0 aromatic rings. The fourth-order valence-electron chi connectivity index (χ4n) is 3.54. The number of hydrogen-bond donors (Lipinski definition) is 0. The molecule has 4 nitrogen and oxygen atoms in total. The lowest BCUT2D eigenvalue weighted by Crippen LogP contribution is -2.53. The Hall–Kier alpha value is -0.176. The first-order valence-corrected chi connectivity index (χ1v) is 15.1. The van der Waals surface area contributed by atoms with Crippen molar-refractivity contribution in [2.24, 2.45) is 0 Å². The van der Waals surface area contributed by atoms with Gasteiger partial charge in [-0.3, -0.25) is 4.79 Å². The first-order valence-electron chi connectivity index (χ1n) is 10.0. The molecule has 6 heteroatoms. The van der Waals surface area contributed by atoms with Gasteiger partial charge in [-0.25, -0.2) is 0 Å². The van der Waals surface area contributed by atoms with Gasteiger partial charge in [0.2, 0.25) is 8.32 Å². The number of carbonyl (C=O) groups is 1. The van der Waals surface area contributed by atoms with Gasteiger partial charge < -0.3 is 13.6 Å². The van der Waals surface area contributed by atoms with Crippen molar-refractivity contribution in [1.29, 1.82) is 0 Å². The maximum atomic E-state index is 11.4. The van der Waals surface area contributed by atoms with Gasteiger partial charge in [-0.15, -0.1) is 0 Å². The maximum absolute atomic E-state index is 11.4. The van der Waals surface area contributed by atoms with E-state index in [1.807, 2.05) is 0 Å². The average Bonchev–Trinajstić information content (AvgIpc) is 2.43. The van der Waals surface area contributed by atoms with E-state index in [1.165, 1.54) is 6.92 Å². The van der Waals surface area contributed by atoms with Crippen LogP contribution in [0.4, 0.5) is 0 Å². The Morgan fingerprint density at radius 2 is 1.31 bits per heavy atom. The van der Waals surface area contributed by atoms with Crippen molar-refractivity contribution in [1.82, 2.24) is 0 Å². The van der Waals surface area contributed by atoms with Crippen LogP contribution in [0.25, 0.3) is 0 Å². The van der Waals surface area contributed by atoms with E-state index in [2.05, 4.69) is 75.4 Å². The van der Waals surface area contributed by atoms with Crippen LogP contribution in [0.1, 0.15) is 69.2 Å². The van der Waals surface area contributed by atoms with Gasteiger partial charge in [-0.2, -0.15) is 0 Å². The van der Waals surface area contributed by atoms with Gasteiger partial charge in [0, 0.05) is 6.92 Å². The standard InChI is InChI=1S/C20H44O4Si2/c1-15(2)26(16(3)4,17(5)6)24-19(13-22-18(7)21)14-23-25(11,12)20(8,9)10/h15-17,19H,13-14H2,1-12H3/t19-/m0/s1. The van der Waals surface area contributed by atoms with Crippen LogP contribution in [0, 0.1) is 0 Å². The first kappa shape index (κ1) is 25.8. The van der Waals surface area contributed by atoms with Crippen LogP contribution in [-0.2, 0) is 18.4 Å². The van der Waals surface area contributed by atoms with E-state index in [0.717, 1.165) is 0 Å². The summed E-state index contributed by atoms with van der Waals surface area (Å²) in [5.74, 6) is -0.267. The van der Waals surface area contributed by atoms with Crippen molar-refractivity contribution in [2.75, 3.05) is 13.2 Å². The largest absolute Gasteiger partial charge is 0.463 e. The predicted molar refractivity (Wildman–Crippen MR) is 116 cm³/mol. The minimum atomic E-state index is -2.06. The number of hydrogen-bond acceptors (Lipinski definition) is 4. The Balaban J connectivity index is 5.50. The number of carbonyl (C=O) groups excluding carboxylic acids is 1. The second-order valence-corrected chi connectivity index (χ2v) is 20.1. The predicted octanol–water partition coefficient (Wildman–Crippen LogP) is 6.13. The Kier molecular flexibility index (Phi) is 9.78. The minimum Gasteiger partial charge on any atom is -0.463 e. The third-order valence-corrected chi connectivity index (χ3v) is 16.6. The summed E-state index contributed by atoms with van der Waals surface area (Å²) in [4.78, 5) is 11.4. The zero-order chi connectivity index (χ0) is 20.9. The van der Waals surface area contributed by atoms with Crippen LogP contribution in [0.3, 0.4) is 0 Å². The molecule has 0 amide bonds. The van der Waals surface area contributed by atoms with E-state index < -0.39 is 16.6 Å². The SMILES string of the molecule is CC(=O)OC[C@@H](CO[Si](C)(C)C(C)(C)C)O[Si](C(C)C)(C(C)C)C(C)C. The van der Waals surface area contributed by atoms with Crippen LogP contribution in [0.2, 0.25) is 34.8 Å². The molecule has 1 atom stereocenters. The summed E-state index contributed by atoms with van der Waals surface area (Å²) in [5.41, 5.74) is 1.44. The number of esters is 1. The van der Waals surface area contributed by atoms with Crippen LogP contribution in [0.15, 0.2) is 0 Å². The van der Waals surface area contributed by atoms with Crippen molar-refractivity contribution in [3.63, 3.8) is 0 Å². The second-order valence-electron chi connectivity index (χ2n) is 9.93. The molecule has 0 bridgehead atoms. The molecule has 0 aromatic heterocycles. The van der Waals surface area contributed by atoms with Crippen molar-refractivity contribution in [2.45, 2.75) is 110 Å². The van der Waals surface area contributed by atoms with Crippen LogP contribution in [-0.4, -0.2) is 41.9 Å². The Morgan fingerprint density at radius 1 is 0.885 bits per heavy atom. The molecule has 0 aliphatic rings. The first-order chi connectivity index (χ1) is 11.6. The third-order valence-electron chi connectivity index (χ3n) is 5.99. The highest BCUT2D eigenvalue weighted by Crippen LogP contribution is 2.43. The molecule has 0 spiro atoms. The lowest BCUT2D eigenvalue weighted by atomic mass is 10.2. The van der Waals surface area contributed by atoms with E-state index in [4.69, 9.17) is 13.6 Å². The summed E-state index contributed by atoms with van der Waals surface area (Å²) >= 11 is 0. The molecule has 0 N–H and O–H groups in total. The highest BCUT2D eigenvalue weighted by molar-refractivity contribution is 6.77. The number of rotatable bonds is 10. The van der Waals surface area contributed by atoms with E-state index in [1.54, 1.807) is 0 Å². The Bertz CT molecular complexity index is 418. The zero-order valence-electron chi connectivity index (χ0n) is 19.4. The molecule has 0 aliphatic heterocycles. The Morgan fingerprint density at radius 3 is 1.62 bits per heavy atom. The van der Waals surface area contributed by atoms with Gasteiger partial charge in [-0.05, 0) is 34.8 Å². The summed E-state index contributed by atoms with van der Waals surface area (Å²) in [6.07, 6.45) is -0.202. The zero-order valence-corrected chi connectivity index (χ0v) is 21.4. The molecule has 0 radical (unpaired) electrons. The van der Waals surface area contributed by atoms with Gasteiger partial charge in [0.15, 0.2) is 8.32 Å². The lowest BCUT2D eigenvalue weighted by molar-refractivity contribution is -0.144. The summed E-state index contributed by atoms with van der Waals surface area (Å²) < 4.78 is 18.6. The van der Waals surface area contributed by atoms with E-state index in [0.29, 0.717) is 23.2 Å². The molecule has 26 heavy (non-hydrogen) atoms.